The Bertz CT molecular complexity index is 1600. The lowest BCUT2D eigenvalue weighted by molar-refractivity contribution is 0.0741. The number of halogens is 1. The van der Waals surface area contributed by atoms with Gasteiger partial charge in [-0.2, -0.15) is 10.4 Å². The lowest BCUT2D eigenvalue weighted by Crippen LogP contribution is -2.49. The highest BCUT2D eigenvalue weighted by molar-refractivity contribution is 5.95. The molecule has 0 spiro atoms. The molecule has 5 rings (SSSR count). The molecule has 0 bridgehead atoms. The number of nitriles is 1. The van der Waals surface area contributed by atoms with Gasteiger partial charge in [0, 0.05) is 44.2 Å². The second-order valence-corrected chi connectivity index (χ2v) is 8.52. The molecule has 0 unspecified atom stereocenters. The predicted molar refractivity (Wildman–Crippen MR) is 152 cm³/mol. The Morgan fingerprint density at radius 2 is 1.80 bits per heavy atom. The third-order valence-electron chi connectivity index (χ3n) is 6.25. The number of nitrogens with one attached hydrogen (secondary N) is 1. The number of carbonyl (C=O) groups is 1. The Balaban J connectivity index is 0.00000106. The minimum atomic E-state index is -0.614. The van der Waals surface area contributed by atoms with Gasteiger partial charge < -0.3 is 14.9 Å². The number of hydrogen-bond donors (Lipinski definition) is 2. The molecule has 2 aromatic carbocycles. The number of piperazine rings is 1. The fourth-order valence-corrected chi connectivity index (χ4v) is 4.33. The van der Waals surface area contributed by atoms with Crippen molar-refractivity contribution in [2.24, 2.45) is 0 Å². The maximum absolute atomic E-state index is 14.7. The van der Waals surface area contributed by atoms with Crippen LogP contribution in [0.5, 0.6) is 5.75 Å². The van der Waals surface area contributed by atoms with Gasteiger partial charge >= 0.3 is 0 Å². The van der Waals surface area contributed by atoms with Crippen LogP contribution in [0.25, 0.3) is 10.8 Å². The van der Waals surface area contributed by atoms with Crippen molar-refractivity contribution < 1.29 is 14.3 Å². The smallest absolute Gasteiger partial charge is 0.272 e. The van der Waals surface area contributed by atoms with Crippen molar-refractivity contribution >= 4 is 22.5 Å². The van der Waals surface area contributed by atoms with Gasteiger partial charge in [0.25, 0.3) is 11.5 Å². The number of carbonyl (C=O) groups excluding carboxylic acids is 1. The summed E-state index contributed by atoms with van der Waals surface area (Å²) in [5, 5.41) is 26.2. The molecule has 3 heterocycles. The van der Waals surface area contributed by atoms with Gasteiger partial charge in [0.1, 0.15) is 23.5 Å². The van der Waals surface area contributed by atoms with Gasteiger partial charge in [-0.25, -0.2) is 14.5 Å². The number of hydrogen-bond acceptors (Lipinski definition) is 7. The Morgan fingerprint density at radius 3 is 2.45 bits per heavy atom. The summed E-state index contributed by atoms with van der Waals surface area (Å²) in [5.74, 6) is -0.294. The molecule has 40 heavy (non-hydrogen) atoms. The molecule has 1 saturated heterocycles. The Kier molecular flexibility index (Phi) is 9.93. The molecule has 0 radical (unpaired) electrons. The molecule has 9 nitrogen and oxygen atoms in total. The highest BCUT2D eigenvalue weighted by Gasteiger charge is 2.25. The molecule has 2 aromatic heterocycles. The molecular weight excluding hydrogens is 511 g/mol. The number of H-pyrrole nitrogens is 1. The van der Waals surface area contributed by atoms with Crippen molar-refractivity contribution in [1.82, 2.24) is 20.1 Å². The van der Waals surface area contributed by atoms with Crippen LogP contribution in [0.3, 0.4) is 0 Å². The number of terminal acetylenes is 1. The van der Waals surface area contributed by atoms with Crippen LogP contribution >= 0.6 is 0 Å². The fraction of sp³-hybridized carbons (Fsp3) is 0.233. The molecule has 1 aliphatic rings. The van der Waals surface area contributed by atoms with E-state index in [4.69, 9.17) is 5.26 Å². The number of aromatic hydroxyl groups is 1. The average molecular weight is 541 g/mol. The van der Waals surface area contributed by atoms with Gasteiger partial charge in [-0.1, -0.05) is 19.9 Å². The van der Waals surface area contributed by atoms with Crippen LogP contribution in [0.1, 0.15) is 41.0 Å². The van der Waals surface area contributed by atoms with E-state index in [1.807, 2.05) is 24.8 Å². The minimum absolute atomic E-state index is 0.00136. The lowest BCUT2D eigenvalue weighted by Gasteiger charge is -2.35. The largest absolute Gasteiger partial charge is 0.508 e. The lowest BCUT2D eigenvalue weighted by atomic mass is 10.0. The zero-order valence-corrected chi connectivity index (χ0v) is 22.3. The summed E-state index contributed by atoms with van der Waals surface area (Å²) in [7, 11) is 0. The van der Waals surface area contributed by atoms with Gasteiger partial charge in [-0.05, 0) is 48.0 Å². The van der Waals surface area contributed by atoms with E-state index < -0.39 is 11.7 Å². The van der Waals surface area contributed by atoms with Crippen molar-refractivity contribution in [3.8, 4) is 24.7 Å². The van der Waals surface area contributed by atoms with Gasteiger partial charge in [0.05, 0.1) is 22.2 Å². The first-order valence-corrected chi connectivity index (χ1v) is 12.7. The third kappa shape index (κ3) is 6.43. The van der Waals surface area contributed by atoms with Crippen LogP contribution in [0.2, 0.25) is 0 Å². The molecule has 2 N–H and O–H groups in total. The summed E-state index contributed by atoms with van der Waals surface area (Å²) in [6.45, 7) is 5.86. The van der Waals surface area contributed by atoms with Gasteiger partial charge in [0.15, 0.2) is 0 Å². The molecule has 10 heteroatoms. The summed E-state index contributed by atoms with van der Waals surface area (Å²) in [5.41, 5.74) is 1.20. The number of benzene rings is 2. The molecule has 0 atom stereocenters. The molecule has 0 saturated carbocycles. The number of amides is 1. The second-order valence-electron chi connectivity index (χ2n) is 8.52. The Labute approximate surface area is 231 Å². The number of aromatic amines is 1. The highest BCUT2D eigenvalue weighted by Crippen LogP contribution is 2.23. The van der Waals surface area contributed by atoms with Crippen molar-refractivity contribution in [2.75, 3.05) is 31.1 Å². The average Bonchev–Trinajstić information content (AvgIpc) is 3.01. The minimum Gasteiger partial charge on any atom is -0.508 e. The summed E-state index contributed by atoms with van der Waals surface area (Å²) in [4.78, 5) is 33.2. The van der Waals surface area contributed by atoms with Gasteiger partial charge in [0.2, 0.25) is 0 Å². The molecule has 0 aliphatic carbocycles. The first-order chi connectivity index (χ1) is 19.4. The van der Waals surface area contributed by atoms with Crippen LogP contribution in [0.4, 0.5) is 10.2 Å². The van der Waals surface area contributed by atoms with Crippen LogP contribution in [-0.2, 0) is 6.42 Å². The normalized spacial score (nSPS) is 12.4. The van der Waals surface area contributed by atoms with Crippen molar-refractivity contribution in [2.45, 2.75) is 20.3 Å². The number of phenolic OH excluding ortho intramolecular Hbond substituents is 1. The van der Waals surface area contributed by atoms with E-state index in [0.717, 1.165) is 5.82 Å². The molecule has 1 fully saturated rings. The summed E-state index contributed by atoms with van der Waals surface area (Å²) < 4.78 is 14.7. The van der Waals surface area contributed by atoms with Crippen molar-refractivity contribution in [3.63, 3.8) is 0 Å². The van der Waals surface area contributed by atoms with Crippen LogP contribution in [0.15, 0.2) is 59.5 Å². The number of phenols is 1. The van der Waals surface area contributed by atoms with Crippen molar-refractivity contribution in [3.05, 3.63) is 93.3 Å². The van der Waals surface area contributed by atoms with Gasteiger partial charge in [-0.15, -0.1) is 12.8 Å². The van der Waals surface area contributed by atoms with Crippen LogP contribution in [-0.4, -0.2) is 57.3 Å². The van der Waals surface area contributed by atoms with E-state index in [-0.39, 0.29) is 23.3 Å². The Morgan fingerprint density at radius 1 is 1.07 bits per heavy atom. The SMILES string of the molecule is C#C.CC.N#Cc1ccc(N2CCN(C(=O)c3cc(Cc4n[nH]c(=O)c5ccc(O)cc45)ccc3F)CC2)nc1. The highest BCUT2D eigenvalue weighted by atomic mass is 19.1. The second kappa shape index (κ2) is 13.5. The molecule has 204 valence electrons. The number of pyridine rings is 1. The van der Waals surface area contributed by atoms with E-state index in [9.17, 15) is 19.1 Å². The van der Waals surface area contributed by atoms with E-state index in [2.05, 4.69) is 28.0 Å². The number of nitrogens with zero attached hydrogens (tertiary/aromatic N) is 5. The summed E-state index contributed by atoms with van der Waals surface area (Å²) in [6, 6.07) is 14.2. The first-order valence-electron chi connectivity index (χ1n) is 12.7. The number of anilines is 1. The van der Waals surface area contributed by atoms with E-state index >= 15 is 0 Å². The third-order valence-corrected chi connectivity index (χ3v) is 6.25. The topological polar surface area (TPSA) is 126 Å². The fourth-order valence-electron chi connectivity index (χ4n) is 4.33. The van der Waals surface area contributed by atoms with Crippen LogP contribution < -0.4 is 10.5 Å². The Hall–Kier alpha value is -5.22. The number of rotatable bonds is 4. The quantitative estimate of drug-likeness (QED) is 0.377. The maximum atomic E-state index is 14.7. The van der Waals surface area contributed by atoms with E-state index in [1.165, 1.54) is 36.5 Å². The number of aromatic nitrogens is 3. The van der Waals surface area contributed by atoms with Crippen LogP contribution in [0, 0.1) is 30.0 Å². The zero-order valence-electron chi connectivity index (χ0n) is 22.3. The van der Waals surface area contributed by atoms with Gasteiger partial charge in [-0.3, -0.25) is 9.59 Å². The van der Waals surface area contributed by atoms with E-state index in [0.29, 0.717) is 53.8 Å². The standard InChI is InChI=1S/C26H21FN6O3.C2H6.C2H2/c27-22-5-1-16(12-23-20-13-18(34)3-4-19(20)25(35)31-30-23)11-21(22)26(36)33-9-7-32(8-10-33)24-6-2-17(14-28)15-29-24;2*1-2/h1-6,11,13,15,34H,7-10,12H2,(H,31,35);1-2H3;1-2H. The predicted octanol–water partition coefficient (Wildman–Crippen LogP) is 3.86. The first kappa shape index (κ1) is 29.3. The van der Waals surface area contributed by atoms with E-state index in [1.54, 1.807) is 23.1 Å². The summed E-state index contributed by atoms with van der Waals surface area (Å²) in [6.07, 6.45) is 9.74. The molecule has 1 amide bonds. The zero-order chi connectivity index (χ0) is 29.2. The number of fused-ring (bicyclic) bond motifs is 1. The molecule has 4 aromatic rings. The molecule has 1 aliphatic heterocycles. The summed E-state index contributed by atoms with van der Waals surface area (Å²) >= 11 is 0. The van der Waals surface area contributed by atoms with Crippen molar-refractivity contribution in [1.29, 1.82) is 5.26 Å². The molecular formula is C30H29FN6O3. The monoisotopic (exact) mass is 540 g/mol. The maximum Gasteiger partial charge on any atom is 0.272 e.